The van der Waals surface area contributed by atoms with E-state index in [2.05, 4.69) is 10.3 Å². The van der Waals surface area contributed by atoms with Crippen molar-refractivity contribution in [3.05, 3.63) is 93.0 Å². The smallest absolute Gasteiger partial charge is 0.255 e. The Morgan fingerprint density at radius 1 is 1.13 bits per heavy atom. The van der Waals surface area contributed by atoms with Crippen molar-refractivity contribution in [3.8, 4) is 11.3 Å². The van der Waals surface area contributed by atoms with Gasteiger partial charge in [0, 0.05) is 35.1 Å². The maximum atomic E-state index is 13.0. The summed E-state index contributed by atoms with van der Waals surface area (Å²) in [6.45, 7) is 3.09. The van der Waals surface area contributed by atoms with Gasteiger partial charge in [0.1, 0.15) is 5.69 Å². The molecule has 1 N–H and O–H groups in total. The van der Waals surface area contributed by atoms with Crippen LogP contribution in [0.15, 0.2) is 66.2 Å². The Balaban J connectivity index is 1.55. The zero-order chi connectivity index (χ0) is 20.9. The third kappa shape index (κ3) is 4.96. The number of rotatable bonds is 7. The highest BCUT2D eigenvalue weighted by Crippen LogP contribution is 2.24. The van der Waals surface area contributed by atoms with Crippen molar-refractivity contribution in [1.82, 2.24) is 20.1 Å². The molecule has 5 nitrogen and oxygen atoms in total. The highest BCUT2D eigenvalue weighted by Gasteiger charge is 2.18. The van der Waals surface area contributed by atoms with Gasteiger partial charge in [-0.2, -0.15) is 5.10 Å². The molecule has 2 aromatic carbocycles. The second-order valence-corrected chi connectivity index (χ2v) is 8.44. The molecule has 0 unspecified atom stereocenters. The van der Waals surface area contributed by atoms with Gasteiger partial charge in [0.15, 0.2) is 0 Å². The van der Waals surface area contributed by atoms with E-state index in [0.717, 1.165) is 21.8 Å². The first-order chi connectivity index (χ1) is 14.6. The monoisotopic (exact) mass is 436 g/mol. The van der Waals surface area contributed by atoms with E-state index >= 15 is 0 Å². The van der Waals surface area contributed by atoms with Crippen LogP contribution in [0.4, 0.5) is 0 Å². The average molecular weight is 437 g/mol. The Hall–Kier alpha value is -2.96. The van der Waals surface area contributed by atoms with E-state index in [4.69, 9.17) is 16.7 Å². The highest BCUT2D eigenvalue weighted by atomic mass is 35.5. The predicted octanol–water partition coefficient (Wildman–Crippen LogP) is 4.99. The van der Waals surface area contributed by atoms with Crippen LogP contribution in [-0.2, 0) is 13.0 Å². The van der Waals surface area contributed by atoms with Crippen LogP contribution < -0.4 is 5.32 Å². The quantitative estimate of drug-likeness (QED) is 0.444. The number of carbonyl (C=O) groups excluding carboxylic acids is 1. The van der Waals surface area contributed by atoms with Gasteiger partial charge >= 0.3 is 0 Å². The topological polar surface area (TPSA) is 59.8 Å². The van der Waals surface area contributed by atoms with Crippen molar-refractivity contribution in [2.45, 2.75) is 19.9 Å². The Morgan fingerprint density at radius 3 is 2.60 bits per heavy atom. The molecule has 0 aliphatic carbocycles. The first-order valence-corrected chi connectivity index (χ1v) is 10.9. The molecule has 4 rings (SSSR count). The molecule has 0 spiro atoms. The Bertz CT molecular complexity index is 1140. The number of nitrogens with one attached hydrogen (secondary N) is 1. The summed E-state index contributed by atoms with van der Waals surface area (Å²) < 4.78 is 1.80. The van der Waals surface area contributed by atoms with Gasteiger partial charge in [-0.15, -0.1) is 11.3 Å². The second-order valence-electron chi connectivity index (χ2n) is 6.95. The zero-order valence-electron chi connectivity index (χ0n) is 16.5. The van der Waals surface area contributed by atoms with E-state index in [9.17, 15) is 4.79 Å². The van der Waals surface area contributed by atoms with E-state index in [1.165, 1.54) is 0 Å². The summed E-state index contributed by atoms with van der Waals surface area (Å²) in [6, 6.07) is 17.4. The molecule has 152 valence electrons. The van der Waals surface area contributed by atoms with Gasteiger partial charge in [-0.3, -0.25) is 9.48 Å². The molecule has 4 aromatic rings. The minimum Gasteiger partial charge on any atom is -0.352 e. The van der Waals surface area contributed by atoms with Crippen molar-refractivity contribution in [3.63, 3.8) is 0 Å². The number of nitrogens with zero attached hydrogens (tertiary/aromatic N) is 3. The van der Waals surface area contributed by atoms with Gasteiger partial charge < -0.3 is 5.32 Å². The van der Waals surface area contributed by atoms with E-state index in [-0.39, 0.29) is 5.91 Å². The summed E-state index contributed by atoms with van der Waals surface area (Å²) in [5, 5.41) is 11.4. The number of aryl methyl sites for hydroxylation is 1. The molecule has 0 aliphatic rings. The van der Waals surface area contributed by atoms with Crippen LogP contribution in [0, 0.1) is 6.92 Å². The summed E-state index contributed by atoms with van der Waals surface area (Å²) in [6.07, 6.45) is 2.50. The lowest BCUT2D eigenvalue weighted by molar-refractivity contribution is 0.0954. The molecule has 30 heavy (non-hydrogen) atoms. The van der Waals surface area contributed by atoms with Gasteiger partial charge in [-0.25, -0.2) is 4.98 Å². The van der Waals surface area contributed by atoms with Crippen molar-refractivity contribution < 1.29 is 4.79 Å². The van der Waals surface area contributed by atoms with E-state index in [0.29, 0.717) is 35.8 Å². The number of thiazole rings is 1. The zero-order valence-corrected chi connectivity index (χ0v) is 18.1. The fraction of sp³-hybridized carbons (Fsp3) is 0.174. The molecule has 0 radical (unpaired) electrons. The van der Waals surface area contributed by atoms with E-state index in [1.54, 1.807) is 34.3 Å². The summed E-state index contributed by atoms with van der Waals surface area (Å²) in [5.74, 6) is -0.147. The van der Waals surface area contributed by atoms with Crippen molar-refractivity contribution in [2.24, 2.45) is 0 Å². The minimum absolute atomic E-state index is 0.147. The van der Waals surface area contributed by atoms with Crippen LogP contribution in [0.25, 0.3) is 11.3 Å². The lowest BCUT2D eigenvalue weighted by Crippen LogP contribution is -2.26. The highest BCUT2D eigenvalue weighted by molar-refractivity contribution is 7.09. The maximum Gasteiger partial charge on any atom is 0.255 e. The first-order valence-electron chi connectivity index (χ1n) is 9.65. The lowest BCUT2D eigenvalue weighted by Gasteiger charge is -2.05. The number of carbonyl (C=O) groups is 1. The predicted molar refractivity (Wildman–Crippen MR) is 121 cm³/mol. The molecule has 0 atom stereocenters. The van der Waals surface area contributed by atoms with Crippen molar-refractivity contribution >= 4 is 28.8 Å². The molecular formula is C23H21ClN4OS. The SMILES string of the molecule is Cc1nc(CCNC(=O)c2cn(Cc3ccccc3)nc2-c2ccc(Cl)cc2)cs1. The third-order valence-corrected chi connectivity index (χ3v) is 5.72. The number of hydrogen-bond donors (Lipinski definition) is 1. The van der Waals surface area contributed by atoms with E-state index < -0.39 is 0 Å². The molecule has 2 heterocycles. The molecule has 7 heteroatoms. The van der Waals surface area contributed by atoms with Crippen LogP contribution in [-0.4, -0.2) is 27.2 Å². The standard InChI is InChI=1S/C23H21ClN4OS/c1-16-26-20(15-30-16)11-12-25-23(29)21-14-28(13-17-5-3-2-4-6-17)27-22(21)18-7-9-19(24)10-8-18/h2-10,14-15H,11-13H2,1H3,(H,25,29). The molecule has 0 bridgehead atoms. The fourth-order valence-corrected chi connectivity index (χ4v) is 3.96. The number of halogens is 1. The fourth-order valence-electron chi connectivity index (χ4n) is 3.18. The molecule has 1 amide bonds. The Morgan fingerprint density at radius 2 is 1.90 bits per heavy atom. The van der Waals surface area contributed by atoms with Gasteiger partial charge in [-0.05, 0) is 24.6 Å². The van der Waals surface area contributed by atoms with Gasteiger partial charge in [0.2, 0.25) is 0 Å². The summed E-state index contributed by atoms with van der Waals surface area (Å²) >= 11 is 7.65. The molecule has 2 aromatic heterocycles. The number of hydrogen-bond acceptors (Lipinski definition) is 4. The Kier molecular flexibility index (Phi) is 6.26. The van der Waals surface area contributed by atoms with Crippen molar-refractivity contribution in [1.29, 1.82) is 0 Å². The first kappa shape index (κ1) is 20.3. The van der Waals surface area contributed by atoms with Crippen molar-refractivity contribution in [2.75, 3.05) is 6.54 Å². The Labute approximate surface area is 184 Å². The molecular weight excluding hydrogens is 416 g/mol. The normalized spacial score (nSPS) is 10.9. The minimum atomic E-state index is -0.147. The average Bonchev–Trinajstić information content (AvgIpc) is 3.35. The number of amides is 1. The molecule has 0 saturated carbocycles. The maximum absolute atomic E-state index is 13.0. The van der Waals surface area contributed by atoms with Crippen LogP contribution in [0.3, 0.4) is 0 Å². The molecule has 0 saturated heterocycles. The largest absolute Gasteiger partial charge is 0.352 e. The summed E-state index contributed by atoms with van der Waals surface area (Å²) in [7, 11) is 0. The molecule has 0 aliphatic heterocycles. The van der Waals surface area contributed by atoms with Gasteiger partial charge in [0.05, 0.1) is 22.8 Å². The number of aromatic nitrogens is 3. The van der Waals surface area contributed by atoms with Crippen LogP contribution in [0.1, 0.15) is 26.6 Å². The summed E-state index contributed by atoms with van der Waals surface area (Å²) in [4.78, 5) is 17.4. The number of benzene rings is 2. The lowest BCUT2D eigenvalue weighted by atomic mass is 10.1. The van der Waals surface area contributed by atoms with Gasteiger partial charge in [-0.1, -0.05) is 54.1 Å². The van der Waals surface area contributed by atoms with E-state index in [1.807, 2.05) is 54.8 Å². The molecule has 0 fully saturated rings. The third-order valence-electron chi connectivity index (χ3n) is 4.64. The summed E-state index contributed by atoms with van der Waals surface area (Å²) in [5.41, 5.74) is 4.16. The van der Waals surface area contributed by atoms with Crippen LogP contribution >= 0.6 is 22.9 Å². The van der Waals surface area contributed by atoms with Gasteiger partial charge in [0.25, 0.3) is 5.91 Å². The van der Waals surface area contributed by atoms with Crippen LogP contribution in [0.2, 0.25) is 5.02 Å². The van der Waals surface area contributed by atoms with Crippen LogP contribution in [0.5, 0.6) is 0 Å². The second kappa shape index (κ2) is 9.24.